The Morgan fingerprint density at radius 1 is 1.50 bits per heavy atom. The van der Waals surface area contributed by atoms with E-state index in [0.717, 1.165) is 12.1 Å². The number of para-hydroxylation sites is 1. The molecule has 0 amide bonds. The smallest absolute Gasteiger partial charge is 0.324 e. The fourth-order valence-corrected chi connectivity index (χ4v) is 3.25. The summed E-state index contributed by atoms with van der Waals surface area (Å²) in [6, 6.07) is 3.26. The second-order valence-electron chi connectivity index (χ2n) is 4.42. The summed E-state index contributed by atoms with van der Waals surface area (Å²) in [5, 5.41) is 30.3. The van der Waals surface area contributed by atoms with E-state index in [1.54, 1.807) is 0 Å². The minimum Gasteiger partial charge on any atom is -0.502 e. The lowest BCUT2D eigenvalue weighted by Crippen LogP contribution is -2.11. The Morgan fingerprint density at radius 2 is 2.14 bits per heavy atom. The van der Waals surface area contributed by atoms with Crippen LogP contribution in [0.1, 0.15) is 24.3 Å². The van der Waals surface area contributed by atoms with Crippen molar-refractivity contribution in [2.24, 2.45) is 5.90 Å². The van der Waals surface area contributed by atoms with Crippen LogP contribution in [0.3, 0.4) is 0 Å². The van der Waals surface area contributed by atoms with Crippen molar-refractivity contribution in [3.05, 3.63) is 33.9 Å². The van der Waals surface area contributed by atoms with Crippen molar-refractivity contribution in [2.45, 2.75) is 18.7 Å². The molecule has 1 aromatic carbocycles. The SMILES string of the molecule is NOC(=O)CCCP(=O)(O)[C@H](O)c1cccc([N+](=O)[O-])c1O. The van der Waals surface area contributed by atoms with E-state index in [0.29, 0.717) is 0 Å². The lowest BCUT2D eigenvalue weighted by molar-refractivity contribution is -0.386. The first-order valence-electron chi connectivity index (χ1n) is 6.06. The molecule has 0 bridgehead atoms. The first-order chi connectivity index (χ1) is 10.2. The number of nitro groups is 1. The molecule has 0 heterocycles. The number of aliphatic hydroxyl groups excluding tert-OH is 1. The van der Waals surface area contributed by atoms with Gasteiger partial charge in [0.2, 0.25) is 13.1 Å². The van der Waals surface area contributed by atoms with Crippen LogP contribution >= 0.6 is 7.37 Å². The summed E-state index contributed by atoms with van der Waals surface area (Å²) in [4.78, 5) is 34.3. The van der Waals surface area contributed by atoms with Gasteiger partial charge in [-0.05, 0) is 6.42 Å². The number of hydrogen-bond donors (Lipinski definition) is 4. The Labute approximate surface area is 124 Å². The number of rotatable bonds is 7. The van der Waals surface area contributed by atoms with Gasteiger partial charge in [-0.3, -0.25) is 19.5 Å². The third-order valence-electron chi connectivity index (χ3n) is 2.89. The van der Waals surface area contributed by atoms with Gasteiger partial charge in [-0.1, -0.05) is 12.1 Å². The van der Waals surface area contributed by atoms with Gasteiger partial charge in [0.15, 0.2) is 5.85 Å². The molecule has 2 atom stereocenters. The number of nitrogens with zero attached hydrogens (tertiary/aromatic N) is 1. The molecule has 0 aliphatic carbocycles. The fraction of sp³-hybridized carbons (Fsp3) is 0.364. The van der Waals surface area contributed by atoms with E-state index in [2.05, 4.69) is 10.7 Å². The number of phenolic OH excluding ortho intramolecular Hbond substituents is 1. The van der Waals surface area contributed by atoms with Gasteiger partial charge in [-0.2, -0.15) is 5.90 Å². The van der Waals surface area contributed by atoms with Crippen LogP contribution in [-0.2, 0) is 14.2 Å². The summed E-state index contributed by atoms with van der Waals surface area (Å²) in [6.45, 7) is 0. The molecule has 10 nitrogen and oxygen atoms in total. The predicted octanol–water partition coefficient (Wildman–Crippen LogP) is 0.759. The summed E-state index contributed by atoms with van der Waals surface area (Å²) in [7, 11) is -4.22. The van der Waals surface area contributed by atoms with Gasteiger partial charge >= 0.3 is 11.7 Å². The number of nitro benzene ring substituents is 1. The van der Waals surface area contributed by atoms with Crippen molar-refractivity contribution < 1.29 is 34.2 Å². The van der Waals surface area contributed by atoms with Gasteiger partial charge in [0.25, 0.3) is 0 Å². The first kappa shape index (κ1) is 18.1. The Bertz CT molecular complexity index is 620. The van der Waals surface area contributed by atoms with E-state index in [1.807, 2.05) is 0 Å². The molecule has 0 aromatic heterocycles. The molecule has 22 heavy (non-hydrogen) atoms. The average molecular weight is 334 g/mol. The third-order valence-corrected chi connectivity index (χ3v) is 4.89. The zero-order valence-electron chi connectivity index (χ0n) is 11.3. The molecular weight excluding hydrogens is 319 g/mol. The molecule has 1 rings (SSSR count). The molecule has 0 saturated carbocycles. The van der Waals surface area contributed by atoms with Gasteiger partial charge in [-0.25, -0.2) is 0 Å². The highest BCUT2D eigenvalue weighted by molar-refractivity contribution is 7.58. The van der Waals surface area contributed by atoms with Gasteiger partial charge < -0.3 is 19.9 Å². The number of carbonyl (C=O) groups is 1. The molecule has 0 fully saturated rings. The first-order valence-corrected chi connectivity index (χ1v) is 7.97. The summed E-state index contributed by atoms with van der Waals surface area (Å²) >= 11 is 0. The standard InChI is InChI=1S/C11H15N2O8P/c12-21-9(14)5-2-6-22(19,20)11(16)7-3-1-4-8(10(7)15)13(17)18/h1,3-4,11,15-16H,2,5-6,12H2,(H,19,20)/t11-/m0/s1. The number of carbonyl (C=O) groups excluding carboxylic acids is 1. The molecule has 0 saturated heterocycles. The number of nitrogens with two attached hydrogens (primary N) is 1. The maximum absolute atomic E-state index is 12.1. The monoisotopic (exact) mass is 334 g/mol. The Balaban J connectivity index is 2.92. The zero-order valence-corrected chi connectivity index (χ0v) is 12.2. The molecule has 1 unspecified atom stereocenters. The molecule has 5 N–H and O–H groups in total. The van der Waals surface area contributed by atoms with Crippen molar-refractivity contribution in [2.75, 3.05) is 6.16 Å². The maximum Gasteiger partial charge on any atom is 0.324 e. The third kappa shape index (κ3) is 4.25. The van der Waals surface area contributed by atoms with Gasteiger partial charge in [0.05, 0.1) is 4.92 Å². The summed E-state index contributed by atoms with van der Waals surface area (Å²) in [5.41, 5.74) is -1.12. The topological polar surface area (TPSA) is 173 Å². The van der Waals surface area contributed by atoms with Crippen molar-refractivity contribution in [1.29, 1.82) is 0 Å². The number of benzene rings is 1. The van der Waals surface area contributed by atoms with E-state index in [4.69, 9.17) is 0 Å². The predicted molar refractivity (Wildman–Crippen MR) is 73.9 cm³/mol. The lowest BCUT2D eigenvalue weighted by Gasteiger charge is -2.19. The minimum absolute atomic E-state index is 0.0867. The number of aliphatic hydroxyl groups is 1. The van der Waals surface area contributed by atoms with Crippen molar-refractivity contribution >= 4 is 19.0 Å². The molecule has 0 aliphatic rings. The van der Waals surface area contributed by atoms with Crippen LogP contribution in [-0.4, -0.2) is 32.2 Å². The highest BCUT2D eigenvalue weighted by Gasteiger charge is 2.34. The van der Waals surface area contributed by atoms with E-state index in [1.165, 1.54) is 6.07 Å². The van der Waals surface area contributed by atoms with Crippen LogP contribution in [0.2, 0.25) is 0 Å². The minimum atomic E-state index is -4.22. The Morgan fingerprint density at radius 3 is 2.68 bits per heavy atom. The highest BCUT2D eigenvalue weighted by atomic mass is 31.2. The van der Waals surface area contributed by atoms with Crippen LogP contribution in [0.5, 0.6) is 5.75 Å². The second-order valence-corrected chi connectivity index (χ2v) is 6.87. The molecular formula is C11H15N2O8P. The molecule has 122 valence electrons. The fourth-order valence-electron chi connectivity index (χ4n) is 1.75. The Kier molecular flexibility index (Phi) is 6.01. The van der Waals surface area contributed by atoms with Crippen LogP contribution in [0.4, 0.5) is 5.69 Å². The largest absolute Gasteiger partial charge is 0.502 e. The summed E-state index contributed by atoms with van der Waals surface area (Å²) < 4.78 is 12.1. The van der Waals surface area contributed by atoms with Crippen molar-refractivity contribution in [3.8, 4) is 5.75 Å². The van der Waals surface area contributed by atoms with Gasteiger partial charge in [-0.15, -0.1) is 0 Å². The number of aromatic hydroxyl groups is 1. The van der Waals surface area contributed by atoms with Gasteiger partial charge in [0, 0.05) is 24.2 Å². The van der Waals surface area contributed by atoms with E-state index < -0.39 is 47.3 Å². The number of phenols is 1. The molecule has 11 heteroatoms. The number of hydrogen-bond acceptors (Lipinski definition) is 8. The van der Waals surface area contributed by atoms with Crippen LogP contribution in [0.15, 0.2) is 18.2 Å². The Hall–Kier alpha value is -2.00. The van der Waals surface area contributed by atoms with Crippen LogP contribution in [0, 0.1) is 10.1 Å². The van der Waals surface area contributed by atoms with Crippen molar-refractivity contribution in [3.63, 3.8) is 0 Å². The summed E-state index contributed by atoms with van der Waals surface area (Å²) in [5.74, 6) is 0.934. The average Bonchev–Trinajstić information content (AvgIpc) is 2.46. The van der Waals surface area contributed by atoms with E-state index in [9.17, 15) is 34.6 Å². The van der Waals surface area contributed by atoms with Crippen LogP contribution in [0.25, 0.3) is 0 Å². The van der Waals surface area contributed by atoms with E-state index in [-0.39, 0.29) is 12.8 Å². The molecule has 1 aromatic rings. The lowest BCUT2D eigenvalue weighted by atomic mass is 10.2. The quantitative estimate of drug-likeness (QED) is 0.319. The van der Waals surface area contributed by atoms with Gasteiger partial charge in [0.1, 0.15) is 0 Å². The maximum atomic E-state index is 12.1. The zero-order chi connectivity index (χ0) is 16.9. The van der Waals surface area contributed by atoms with Crippen LogP contribution < -0.4 is 5.90 Å². The molecule has 0 spiro atoms. The molecule has 0 aliphatic heterocycles. The summed E-state index contributed by atoms with van der Waals surface area (Å²) in [6.07, 6.45) is -0.767. The van der Waals surface area contributed by atoms with E-state index >= 15 is 0 Å². The normalized spacial score (nSPS) is 14.9. The highest BCUT2D eigenvalue weighted by Crippen LogP contribution is 2.56. The van der Waals surface area contributed by atoms with Crippen molar-refractivity contribution in [1.82, 2.24) is 0 Å². The second kappa shape index (κ2) is 7.32. The molecule has 0 radical (unpaired) electrons.